The van der Waals surface area contributed by atoms with Crippen molar-refractivity contribution >= 4 is 53.4 Å². The van der Waals surface area contributed by atoms with Gasteiger partial charge in [-0.1, -0.05) is 112 Å². The molecule has 0 saturated carbocycles. The summed E-state index contributed by atoms with van der Waals surface area (Å²) in [4.78, 5) is 27.8. The zero-order valence-corrected chi connectivity index (χ0v) is 27.7. The zero-order chi connectivity index (χ0) is 33.3. The minimum absolute atomic E-state index is 0.135. The van der Waals surface area contributed by atoms with Crippen LogP contribution < -0.4 is 14.8 Å². The minimum Gasteiger partial charge on any atom is -0.352 e. The number of unbranched alkanes of at least 4 members (excludes halogenated alkanes) is 2. The van der Waals surface area contributed by atoms with Gasteiger partial charge in [0.25, 0.3) is 31.9 Å². The summed E-state index contributed by atoms with van der Waals surface area (Å²) in [6.07, 6.45) is 2.84. The molecule has 1 heterocycles. The maximum atomic E-state index is 14.5. The Morgan fingerprint density at radius 1 is 0.574 bits per heavy atom. The van der Waals surface area contributed by atoms with Crippen molar-refractivity contribution in [1.82, 2.24) is 14.8 Å². The molecule has 242 valence electrons. The number of benzene rings is 5. The Balaban J connectivity index is 1.88. The summed E-state index contributed by atoms with van der Waals surface area (Å²) in [5.41, 5.74) is -0.0386. The van der Waals surface area contributed by atoms with Crippen LogP contribution >= 0.6 is 0 Å². The van der Waals surface area contributed by atoms with Crippen molar-refractivity contribution in [2.45, 2.75) is 49.3 Å². The van der Waals surface area contributed by atoms with Crippen molar-refractivity contribution in [3.8, 4) is 22.3 Å². The molecule has 1 aliphatic heterocycles. The summed E-state index contributed by atoms with van der Waals surface area (Å²) in [7, 11) is -9.48. The molecule has 0 bridgehead atoms. The largest absolute Gasteiger partial charge is 0.352 e. The predicted molar refractivity (Wildman–Crippen MR) is 184 cm³/mol. The van der Waals surface area contributed by atoms with Crippen molar-refractivity contribution in [2.24, 2.45) is 0 Å². The number of rotatable bonds is 10. The van der Waals surface area contributed by atoms with Gasteiger partial charge in [0.1, 0.15) is 9.79 Å². The van der Waals surface area contributed by atoms with Crippen molar-refractivity contribution in [2.75, 3.05) is 13.1 Å². The number of hydrogen-bond acceptors (Lipinski definition) is 6. The summed E-state index contributed by atoms with van der Waals surface area (Å²) in [6, 6.07) is 24.9. The standard InChI is InChI=1S/C36H35N3O6S2/c1-3-5-21-37-35(40)31-29(27-19-11-15-23-13-7-9-17-25(23)27)33-34(47(44,45)39-46(33,42)43)30(32(31)36(41)38-22-6-4-2)28-20-12-16-24-14-8-10-18-26(24)28/h7-20,39H,3-6,21-22H2,1-2H3,(H,37,40)(H,38,41). The molecule has 0 atom stereocenters. The summed E-state index contributed by atoms with van der Waals surface area (Å²) in [6.45, 7) is 4.48. The first kappa shape index (κ1) is 32.4. The fraction of sp³-hybridized carbons (Fsp3) is 0.222. The molecule has 3 N–H and O–H groups in total. The molecular formula is C36H35N3O6S2. The van der Waals surface area contributed by atoms with E-state index in [2.05, 4.69) is 10.6 Å². The van der Waals surface area contributed by atoms with Crippen LogP contribution in [0.4, 0.5) is 0 Å². The molecule has 47 heavy (non-hydrogen) atoms. The number of amides is 2. The fourth-order valence-electron chi connectivity index (χ4n) is 6.23. The van der Waals surface area contributed by atoms with E-state index in [9.17, 15) is 26.4 Å². The Bertz CT molecular complexity index is 2110. The van der Waals surface area contributed by atoms with E-state index in [0.29, 0.717) is 34.7 Å². The molecule has 0 saturated heterocycles. The van der Waals surface area contributed by atoms with E-state index in [0.717, 1.165) is 23.6 Å². The third-order valence-corrected chi connectivity index (χ3v) is 12.1. The summed E-state index contributed by atoms with van der Waals surface area (Å²) < 4.78 is 58.1. The molecule has 0 spiro atoms. The van der Waals surface area contributed by atoms with Gasteiger partial charge in [-0.05, 0) is 45.5 Å². The lowest BCUT2D eigenvalue weighted by atomic mass is 9.85. The van der Waals surface area contributed by atoms with Crippen molar-refractivity contribution in [3.63, 3.8) is 0 Å². The van der Waals surface area contributed by atoms with Gasteiger partial charge in [0.2, 0.25) is 0 Å². The average Bonchev–Trinajstić information content (AvgIpc) is 3.26. The molecule has 1 aliphatic rings. The van der Waals surface area contributed by atoms with Gasteiger partial charge < -0.3 is 10.6 Å². The SMILES string of the molecule is CCCCNC(=O)c1c(C(=O)NCCCC)c(-c2cccc3ccccc23)c2c(c1-c1cccc3ccccc13)S(=O)(=O)NS2(=O)=O. The Morgan fingerprint density at radius 3 is 1.36 bits per heavy atom. The number of carbonyl (C=O) groups excluding carboxylic acids is 2. The monoisotopic (exact) mass is 669 g/mol. The van der Waals surface area contributed by atoms with Gasteiger partial charge >= 0.3 is 0 Å². The second kappa shape index (κ2) is 12.9. The molecular weight excluding hydrogens is 635 g/mol. The van der Waals surface area contributed by atoms with E-state index in [-0.39, 0.29) is 35.3 Å². The highest BCUT2D eigenvalue weighted by Crippen LogP contribution is 2.50. The maximum absolute atomic E-state index is 14.5. The Kier molecular flexibility index (Phi) is 8.88. The fourth-order valence-corrected chi connectivity index (χ4v) is 10.4. The minimum atomic E-state index is -4.74. The Morgan fingerprint density at radius 2 is 0.957 bits per heavy atom. The number of nitrogens with one attached hydrogen (secondary N) is 3. The normalized spacial score (nSPS) is 14.6. The second-order valence-corrected chi connectivity index (χ2v) is 15.0. The molecule has 6 rings (SSSR count). The predicted octanol–water partition coefficient (Wildman–Crippen LogP) is 6.37. The van der Waals surface area contributed by atoms with Gasteiger partial charge in [0.15, 0.2) is 0 Å². The third kappa shape index (κ3) is 5.79. The molecule has 2 amide bonds. The summed E-state index contributed by atoms with van der Waals surface area (Å²) >= 11 is 0. The van der Waals surface area contributed by atoms with Gasteiger partial charge in [0, 0.05) is 24.2 Å². The Labute approximate surface area is 274 Å². The van der Waals surface area contributed by atoms with Crippen LogP contribution in [-0.2, 0) is 20.0 Å². The molecule has 0 unspecified atom stereocenters. The average molecular weight is 670 g/mol. The second-order valence-electron chi connectivity index (χ2n) is 11.5. The first-order valence-electron chi connectivity index (χ1n) is 15.7. The highest BCUT2D eigenvalue weighted by molar-refractivity contribution is 8.07. The lowest BCUT2D eigenvalue weighted by molar-refractivity contribution is 0.0919. The van der Waals surface area contributed by atoms with E-state index in [1.54, 1.807) is 48.5 Å². The summed E-state index contributed by atoms with van der Waals surface area (Å²) in [5.74, 6) is -1.35. The number of fused-ring (bicyclic) bond motifs is 3. The van der Waals surface area contributed by atoms with Gasteiger partial charge in [-0.2, -0.15) is 0 Å². The molecule has 5 aromatic rings. The molecule has 0 aromatic heterocycles. The number of carbonyl (C=O) groups is 2. The van der Waals surface area contributed by atoms with E-state index in [4.69, 9.17) is 0 Å². The molecule has 0 fully saturated rings. The maximum Gasteiger partial charge on any atom is 0.255 e. The van der Waals surface area contributed by atoms with E-state index in [1.165, 1.54) is 0 Å². The first-order chi connectivity index (χ1) is 22.6. The topological polar surface area (TPSA) is 139 Å². The third-order valence-electron chi connectivity index (χ3n) is 8.37. The van der Waals surface area contributed by atoms with Crippen LogP contribution in [0.5, 0.6) is 0 Å². The van der Waals surface area contributed by atoms with Crippen LogP contribution in [0.25, 0.3) is 43.8 Å². The first-order valence-corrected chi connectivity index (χ1v) is 18.6. The van der Waals surface area contributed by atoms with Crippen LogP contribution in [0.1, 0.15) is 60.2 Å². The zero-order valence-electron chi connectivity index (χ0n) is 26.1. The molecule has 11 heteroatoms. The van der Waals surface area contributed by atoms with Gasteiger partial charge in [-0.25, -0.2) is 16.8 Å². The van der Waals surface area contributed by atoms with Crippen molar-refractivity contribution in [3.05, 3.63) is 96.1 Å². The summed E-state index contributed by atoms with van der Waals surface area (Å²) in [5, 5.41) is 8.46. The molecule has 0 radical (unpaired) electrons. The quantitative estimate of drug-likeness (QED) is 0.148. The number of sulfonamides is 2. The van der Waals surface area contributed by atoms with Crippen LogP contribution in [0.3, 0.4) is 0 Å². The lowest BCUT2D eigenvalue weighted by Gasteiger charge is -2.23. The van der Waals surface area contributed by atoms with Crippen LogP contribution in [0.2, 0.25) is 0 Å². The smallest absolute Gasteiger partial charge is 0.255 e. The highest BCUT2D eigenvalue weighted by atomic mass is 32.3. The van der Waals surface area contributed by atoms with Gasteiger partial charge in [-0.15, -0.1) is 4.13 Å². The lowest BCUT2D eigenvalue weighted by Crippen LogP contribution is -2.32. The van der Waals surface area contributed by atoms with Crippen LogP contribution in [0, 0.1) is 0 Å². The van der Waals surface area contributed by atoms with E-state index in [1.807, 2.05) is 54.4 Å². The Hall–Kier alpha value is -4.58. The highest BCUT2D eigenvalue weighted by Gasteiger charge is 2.47. The van der Waals surface area contributed by atoms with Crippen LogP contribution in [0.15, 0.2) is 94.7 Å². The molecule has 9 nitrogen and oxygen atoms in total. The number of hydrogen-bond donors (Lipinski definition) is 3. The molecule has 0 aliphatic carbocycles. The van der Waals surface area contributed by atoms with E-state index < -0.39 is 41.7 Å². The van der Waals surface area contributed by atoms with E-state index >= 15 is 0 Å². The van der Waals surface area contributed by atoms with Crippen LogP contribution in [-0.4, -0.2) is 41.7 Å². The van der Waals surface area contributed by atoms with Gasteiger partial charge in [-0.3, -0.25) is 9.59 Å². The van der Waals surface area contributed by atoms with Crippen molar-refractivity contribution < 1.29 is 26.4 Å². The van der Waals surface area contributed by atoms with Gasteiger partial charge in [0.05, 0.1) is 11.1 Å². The van der Waals surface area contributed by atoms with Crippen molar-refractivity contribution in [1.29, 1.82) is 0 Å². The molecule has 5 aromatic carbocycles.